The highest BCUT2D eigenvalue weighted by Crippen LogP contribution is 2.21. The maximum Gasteiger partial charge on any atom is 0.179 e. The van der Waals surface area contributed by atoms with Crippen LogP contribution in [0.1, 0.15) is 19.3 Å². The Bertz CT molecular complexity index is 597. The van der Waals surface area contributed by atoms with Gasteiger partial charge in [-0.05, 0) is 63.2 Å². The highest BCUT2D eigenvalue weighted by molar-refractivity contribution is 7.91. The highest BCUT2D eigenvalue weighted by Gasteiger charge is 2.29. The standard InChI is InChI=1S/C16H23ClN2O2S/c17-14-3-5-16(6-4-14)22(20,21)12-11-18-10-7-15(13-18)19-8-1-2-9-19/h3-6,15H,1-2,7-13H2. The van der Waals surface area contributed by atoms with Crippen LogP contribution in [0.3, 0.4) is 0 Å². The average molecular weight is 343 g/mol. The Morgan fingerprint density at radius 1 is 1.09 bits per heavy atom. The normalized spacial score (nSPS) is 24.1. The van der Waals surface area contributed by atoms with E-state index in [9.17, 15) is 8.42 Å². The van der Waals surface area contributed by atoms with Gasteiger partial charge in [-0.2, -0.15) is 0 Å². The van der Waals surface area contributed by atoms with E-state index in [1.807, 2.05) is 0 Å². The summed E-state index contributed by atoms with van der Waals surface area (Å²) in [6.07, 6.45) is 3.78. The lowest BCUT2D eigenvalue weighted by atomic mass is 10.2. The van der Waals surface area contributed by atoms with Crippen LogP contribution in [-0.4, -0.2) is 62.7 Å². The molecule has 122 valence electrons. The maximum atomic E-state index is 12.4. The van der Waals surface area contributed by atoms with Crippen molar-refractivity contribution < 1.29 is 8.42 Å². The quantitative estimate of drug-likeness (QED) is 0.823. The van der Waals surface area contributed by atoms with Crippen LogP contribution in [0.2, 0.25) is 5.02 Å². The molecule has 2 aliphatic heterocycles. The summed E-state index contributed by atoms with van der Waals surface area (Å²) >= 11 is 5.81. The van der Waals surface area contributed by atoms with Gasteiger partial charge in [0.2, 0.25) is 0 Å². The van der Waals surface area contributed by atoms with E-state index < -0.39 is 9.84 Å². The number of benzene rings is 1. The minimum absolute atomic E-state index is 0.182. The molecular formula is C16H23ClN2O2S. The molecule has 1 aromatic rings. The van der Waals surface area contributed by atoms with Gasteiger partial charge in [0.25, 0.3) is 0 Å². The van der Waals surface area contributed by atoms with Gasteiger partial charge in [-0.3, -0.25) is 4.90 Å². The van der Waals surface area contributed by atoms with E-state index in [1.54, 1.807) is 24.3 Å². The minimum atomic E-state index is -3.21. The second-order valence-corrected chi connectivity index (χ2v) is 8.80. The summed E-state index contributed by atoms with van der Waals surface area (Å²) in [6.45, 7) is 5.06. The molecule has 0 radical (unpaired) electrons. The van der Waals surface area contributed by atoms with Crippen LogP contribution in [0.15, 0.2) is 29.2 Å². The van der Waals surface area contributed by atoms with Crippen LogP contribution < -0.4 is 0 Å². The van der Waals surface area contributed by atoms with E-state index in [0.717, 1.165) is 13.1 Å². The van der Waals surface area contributed by atoms with Crippen molar-refractivity contribution in [2.75, 3.05) is 38.5 Å². The topological polar surface area (TPSA) is 40.6 Å². The lowest BCUT2D eigenvalue weighted by molar-refractivity contribution is 0.235. The fourth-order valence-electron chi connectivity index (χ4n) is 3.43. The molecule has 4 nitrogen and oxygen atoms in total. The molecule has 0 aliphatic carbocycles. The molecule has 0 amide bonds. The van der Waals surface area contributed by atoms with Gasteiger partial charge < -0.3 is 4.90 Å². The summed E-state index contributed by atoms with van der Waals surface area (Å²) in [5, 5.41) is 0.562. The summed E-state index contributed by atoms with van der Waals surface area (Å²) in [4.78, 5) is 5.22. The first kappa shape index (κ1) is 16.2. The molecular weight excluding hydrogens is 320 g/mol. The largest absolute Gasteiger partial charge is 0.301 e. The van der Waals surface area contributed by atoms with Crippen molar-refractivity contribution in [3.63, 3.8) is 0 Å². The van der Waals surface area contributed by atoms with E-state index >= 15 is 0 Å². The predicted molar refractivity (Wildman–Crippen MR) is 89.2 cm³/mol. The number of rotatable bonds is 5. The van der Waals surface area contributed by atoms with E-state index in [1.165, 1.54) is 32.4 Å². The zero-order valence-corrected chi connectivity index (χ0v) is 14.3. The number of nitrogens with zero attached hydrogens (tertiary/aromatic N) is 2. The minimum Gasteiger partial charge on any atom is -0.301 e. The molecule has 2 fully saturated rings. The zero-order chi connectivity index (χ0) is 15.6. The average Bonchev–Trinajstić information content (AvgIpc) is 3.17. The van der Waals surface area contributed by atoms with Crippen LogP contribution in [0.4, 0.5) is 0 Å². The molecule has 22 heavy (non-hydrogen) atoms. The third-order valence-corrected chi connectivity index (χ3v) is 6.72. The molecule has 1 unspecified atom stereocenters. The van der Waals surface area contributed by atoms with Gasteiger partial charge in [-0.1, -0.05) is 11.6 Å². The summed E-state index contributed by atoms with van der Waals surface area (Å²) in [5.74, 6) is 0.182. The van der Waals surface area contributed by atoms with Crippen LogP contribution in [0.5, 0.6) is 0 Å². The van der Waals surface area contributed by atoms with Crippen molar-refractivity contribution in [2.45, 2.75) is 30.2 Å². The highest BCUT2D eigenvalue weighted by atomic mass is 35.5. The number of likely N-dealkylation sites (tertiary alicyclic amines) is 2. The van der Waals surface area contributed by atoms with Gasteiger partial charge in [0.15, 0.2) is 9.84 Å². The predicted octanol–water partition coefficient (Wildman–Crippen LogP) is 2.28. The Morgan fingerprint density at radius 3 is 2.45 bits per heavy atom. The Kier molecular flexibility index (Phi) is 5.07. The number of halogens is 1. The van der Waals surface area contributed by atoms with Gasteiger partial charge >= 0.3 is 0 Å². The molecule has 2 saturated heterocycles. The molecule has 3 rings (SSSR count). The Balaban J connectivity index is 1.53. The van der Waals surface area contributed by atoms with Crippen LogP contribution in [-0.2, 0) is 9.84 Å². The first-order chi connectivity index (χ1) is 10.5. The van der Waals surface area contributed by atoms with E-state index in [2.05, 4.69) is 9.80 Å². The molecule has 0 aromatic heterocycles. The van der Waals surface area contributed by atoms with Crippen LogP contribution in [0, 0.1) is 0 Å². The molecule has 1 atom stereocenters. The van der Waals surface area contributed by atoms with Crippen molar-refractivity contribution in [1.29, 1.82) is 0 Å². The molecule has 0 spiro atoms. The van der Waals surface area contributed by atoms with Crippen LogP contribution >= 0.6 is 11.6 Å². The zero-order valence-electron chi connectivity index (χ0n) is 12.7. The summed E-state index contributed by atoms with van der Waals surface area (Å²) in [7, 11) is -3.21. The number of hydrogen-bond acceptors (Lipinski definition) is 4. The van der Waals surface area contributed by atoms with Gasteiger partial charge in [-0.25, -0.2) is 8.42 Å². The second kappa shape index (κ2) is 6.87. The van der Waals surface area contributed by atoms with Gasteiger partial charge in [0, 0.05) is 24.2 Å². The lowest BCUT2D eigenvalue weighted by Gasteiger charge is -2.23. The Morgan fingerprint density at radius 2 is 1.77 bits per heavy atom. The molecule has 6 heteroatoms. The van der Waals surface area contributed by atoms with E-state index in [4.69, 9.17) is 11.6 Å². The summed E-state index contributed by atoms with van der Waals surface area (Å²) in [6, 6.07) is 7.07. The first-order valence-electron chi connectivity index (χ1n) is 7.99. The van der Waals surface area contributed by atoms with Gasteiger partial charge in [0.1, 0.15) is 0 Å². The number of sulfone groups is 1. The van der Waals surface area contributed by atoms with E-state index in [0.29, 0.717) is 22.5 Å². The van der Waals surface area contributed by atoms with Crippen molar-refractivity contribution >= 4 is 21.4 Å². The summed E-state index contributed by atoms with van der Waals surface area (Å²) < 4.78 is 24.7. The maximum absolute atomic E-state index is 12.4. The van der Waals surface area contributed by atoms with Gasteiger partial charge in [0.05, 0.1) is 10.6 Å². The third-order valence-electron chi connectivity index (χ3n) is 4.75. The van der Waals surface area contributed by atoms with Crippen LogP contribution in [0.25, 0.3) is 0 Å². The SMILES string of the molecule is O=S(=O)(CCN1CCC(N2CCCC2)C1)c1ccc(Cl)cc1. The molecule has 2 aliphatic rings. The molecule has 0 N–H and O–H groups in total. The Hall–Kier alpha value is -0.620. The molecule has 0 bridgehead atoms. The molecule has 1 aromatic carbocycles. The fraction of sp³-hybridized carbons (Fsp3) is 0.625. The molecule has 0 saturated carbocycles. The van der Waals surface area contributed by atoms with Gasteiger partial charge in [-0.15, -0.1) is 0 Å². The van der Waals surface area contributed by atoms with E-state index in [-0.39, 0.29) is 5.75 Å². The second-order valence-electron chi connectivity index (χ2n) is 6.26. The lowest BCUT2D eigenvalue weighted by Crippen LogP contribution is -2.36. The Labute approximate surface area is 138 Å². The van der Waals surface area contributed by atoms with Crippen molar-refractivity contribution in [2.24, 2.45) is 0 Å². The van der Waals surface area contributed by atoms with Crippen molar-refractivity contribution in [3.8, 4) is 0 Å². The van der Waals surface area contributed by atoms with Crippen molar-refractivity contribution in [3.05, 3.63) is 29.3 Å². The van der Waals surface area contributed by atoms with Crippen molar-refractivity contribution in [1.82, 2.24) is 9.80 Å². The summed E-state index contributed by atoms with van der Waals surface area (Å²) in [5.41, 5.74) is 0. The third kappa shape index (κ3) is 3.82. The monoisotopic (exact) mass is 342 g/mol. The number of hydrogen-bond donors (Lipinski definition) is 0. The smallest absolute Gasteiger partial charge is 0.179 e. The first-order valence-corrected chi connectivity index (χ1v) is 10.0. The molecule has 2 heterocycles. The fourth-order valence-corrected chi connectivity index (χ4v) is 4.84.